The Morgan fingerprint density at radius 2 is 2.26 bits per heavy atom. The Hall–Kier alpha value is -1.27. The first-order chi connectivity index (χ1) is 9.29. The third-order valence-corrected chi connectivity index (χ3v) is 4.02. The van der Waals surface area contributed by atoms with Gasteiger partial charge in [-0.25, -0.2) is 0 Å². The molecule has 2 N–H and O–H groups in total. The van der Waals surface area contributed by atoms with Crippen molar-refractivity contribution in [3.63, 3.8) is 0 Å². The van der Waals surface area contributed by atoms with Crippen molar-refractivity contribution in [3.05, 3.63) is 24.0 Å². The molecule has 2 heterocycles. The minimum atomic E-state index is -0.156. The van der Waals surface area contributed by atoms with E-state index in [1.54, 1.807) is 19.3 Å². The van der Waals surface area contributed by atoms with Gasteiger partial charge >= 0.3 is 0 Å². The summed E-state index contributed by atoms with van der Waals surface area (Å²) in [5, 5.41) is 5.92. The number of thioether (sulfide) groups is 1. The van der Waals surface area contributed by atoms with Crippen LogP contribution in [0.25, 0.3) is 0 Å². The van der Waals surface area contributed by atoms with Gasteiger partial charge in [-0.05, 0) is 12.1 Å². The molecule has 1 aromatic rings. The number of amides is 1. The number of aromatic nitrogens is 1. The number of pyridine rings is 1. The summed E-state index contributed by atoms with van der Waals surface area (Å²) in [6.45, 7) is 4.28. The number of nitrogens with zero attached hydrogens (tertiary/aromatic N) is 2. The minimum Gasteiger partial charge on any atom is -0.384 e. The van der Waals surface area contributed by atoms with E-state index in [-0.39, 0.29) is 5.91 Å². The number of carbonyl (C=O) groups is 1. The molecule has 19 heavy (non-hydrogen) atoms. The van der Waals surface area contributed by atoms with E-state index < -0.39 is 0 Å². The highest BCUT2D eigenvalue weighted by Crippen LogP contribution is 2.10. The number of nitrogens with one attached hydrogen (secondary N) is 2. The lowest BCUT2D eigenvalue weighted by molar-refractivity contribution is 0.0958. The molecule has 1 fully saturated rings. The van der Waals surface area contributed by atoms with Crippen LogP contribution >= 0.6 is 11.8 Å². The molecule has 0 aromatic carbocycles. The van der Waals surface area contributed by atoms with E-state index in [4.69, 9.17) is 0 Å². The van der Waals surface area contributed by atoms with Gasteiger partial charge in [0.15, 0.2) is 0 Å². The molecule has 5 nitrogen and oxygen atoms in total. The summed E-state index contributed by atoms with van der Waals surface area (Å²) < 4.78 is 0. The number of hydrogen-bond acceptors (Lipinski definition) is 5. The van der Waals surface area contributed by atoms with Crippen LogP contribution in [0.4, 0.5) is 5.69 Å². The zero-order chi connectivity index (χ0) is 13.5. The Bertz CT molecular complexity index is 421. The van der Waals surface area contributed by atoms with Gasteiger partial charge in [-0.1, -0.05) is 0 Å². The van der Waals surface area contributed by atoms with Gasteiger partial charge in [-0.3, -0.25) is 14.7 Å². The maximum Gasteiger partial charge on any atom is 0.269 e. The van der Waals surface area contributed by atoms with Gasteiger partial charge in [0.2, 0.25) is 0 Å². The largest absolute Gasteiger partial charge is 0.384 e. The van der Waals surface area contributed by atoms with Crippen LogP contribution in [-0.4, -0.2) is 60.5 Å². The lowest BCUT2D eigenvalue weighted by Crippen LogP contribution is -2.36. The first-order valence-electron chi connectivity index (χ1n) is 6.51. The monoisotopic (exact) mass is 280 g/mol. The molecule has 0 saturated carbocycles. The van der Waals surface area contributed by atoms with Gasteiger partial charge in [-0.2, -0.15) is 11.8 Å². The SMILES string of the molecule is CNC(=O)c1cc(NCCN2CCSCC2)ccn1. The smallest absolute Gasteiger partial charge is 0.269 e. The number of hydrogen-bond donors (Lipinski definition) is 2. The number of anilines is 1. The van der Waals surface area contributed by atoms with E-state index in [9.17, 15) is 4.79 Å². The van der Waals surface area contributed by atoms with E-state index in [1.807, 2.05) is 17.8 Å². The molecule has 0 spiro atoms. The third-order valence-electron chi connectivity index (χ3n) is 3.08. The van der Waals surface area contributed by atoms with E-state index >= 15 is 0 Å². The standard InChI is InChI=1S/C13H20N4OS/c1-14-13(18)12-10-11(2-3-16-12)15-4-5-17-6-8-19-9-7-17/h2-3,10H,4-9H2,1H3,(H,14,18)(H,15,16). The van der Waals surface area contributed by atoms with Crippen molar-refractivity contribution in [2.24, 2.45) is 0 Å². The molecule has 1 aliphatic heterocycles. The van der Waals surface area contributed by atoms with Crippen molar-refractivity contribution in [3.8, 4) is 0 Å². The molecule has 0 atom stereocenters. The van der Waals surface area contributed by atoms with Crippen molar-refractivity contribution >= 4 is 23.4 Å². The van der Waals surface area contributed by atoms with Gasteiger partial charge in [-0.15, -0.1) is 0 Å². The second-order valence-corrected chi connectivity index (χ2v) is 5.61. The topological polar surface area (TPSA) is 57.3 Å². The maximum absolute atomic E-state index is 11.5. The van der Waals surface area contributed by atoms with Crippen molar-refractivity contribution in [2.75, 3.05) is 50.0 Å². The second kappa shape index (κ2) is 7.35. The van der Waals surface area contributed by atoms with Gasteiger partial charge in [0.1, 0.15) is 5.69 Å². The van der Waals surface area contributed by atoms with E-state index in [1.165, 1.54) is 24.6 Å². The van der Waals surface area contributed by atoms with Crippen LogP contribution in [0.5, 0.6) is 0 Å². The molecule has 0 aliphatic carbocycles. The first-order valence-corrected chi connectivity index (χ1v) is 7.67. The van der Waals surface area contributed by atoms with E-state index in [0.29, 0.717) is 5.69 Å². The molecule has 0 unspecified atom stereocenters. The van der Waals surface area contributed by atoms with Crippen molar-refractivity contribution in [2.45, 2.75) is 0 Å². The van der Waals surface area contributed by atoms with Crippen molar-refractivity contribution in [1.29, 1.82) is 0 Å². The Morgan fingerprint density at radius 3 is 3.00 bits per heavy atom. The first kappa shape index (κ1) is 14.1. The molecule has 0 radical (unpaired) electrons. The Kier molecular flexibility index (Phi) is 5.47. The highest BCUT2D eigenvalue weighted by Gasteiger charge is 2.09. The van der Waals surface area contributed by atoms with Crippen molar-refractivity contribution in [1.82, 2.24) is 15.2 Å². The molecular weight excluding hydrogens is 260 g/mol. The van der Waals surface area contributed by atoms with E-state index in [2.05, 4.69) is 20.5 Å². The van der Waals surface area contributed by atoms with Crippen LogP contribution in [0, 0.1) is 0 Å². The molecular formula is C13H20N4OS. The van der Waals surface area contributed by atoms with Crippen LogP contribution in [-0.2, 0) is 0 Å². The quantitative estimate of drug-likeness (QED) is 0.839. The molecule has 0 bridgehead atoms. The average Bonchev–Trinajstić information content (AvgIpc) is 2.48. The third kappa shape index (κ3) is 4.40. The molecule has 1 amide bonds. The van der Waals surface area contributed by atoms with Crippen LogP contribution in [0.1, 0.15) is 10.5 Å². The maximum atomic E-state index is 11.5. The lowest BCUT2D eigenvalue weighted by Gasteiger charge is -2.26. The summed E-state index contributed by atoms with van der Waals surface area (Å²) in [5.41, 5.74) is 1.39. The second-order valence-electron chi connectivity index (χ2n) is 4.39. The zero-order valence-corrected chi connectivity index (χ0v) is 12.0. The number of rotatable bonds is 5. The van der Waals surface area contributed by atoms with Crippen LogP contribution < -0.4 is 10.6 Å². The fraction of sp³-hybridized carbons (Fsp3) is 0.538. The Morgan fingerprint density at radius 1 is 1.47 bits per heavy atom. The van der Waals surface area contributed by atoms with Gasteiger partial charge in [0.25, 0.3) is 5.91 Å². The Labute approximate surface area is 118 Å². The Balaban J connectivity index is 1.80. The summed E-state index contributed by atoms with van der Waals surface area (Å²) in [5.74, 6) is 2.31. The van der Waals surface area contributed by atoms with Crippen LogP contribution in [0.15, 0.2) is 18.3 Å². The fourth-order valence-corrected chi connectivity index (χ4v) is 2.95. The molecule has 6 heteroatoms. The highest BCUT2D eigenvalue weighted by atomic mass is 32.2. The van der Waals surface area contributed by atoms with Gasteiger partial charge < -0.3 is 10.6 Å². The highest BCUT2D eigenvalue weighted by molar-refractivity contribution is 7.99. The normalized spacial score (nSPS) is 16.1. The lowest BCUT2D eigenvalue weighted by atomic mass is 10.3. The summed E-state index contributed by atoms with van der Waals surface area (Å²) >= 11 is 2.02. The summed E-state index contributed by atoms with van der Waals surface area (Å²) in [6, 6.07) is 3.67. The molecule has 2 rings (SSSR count). The zero-order valence-electron chi connectivity index (χ0n) is 11.2. The molecule has 1 aromatic heterocycles. The molecule has 1 aliphatic rings. The van der Waals surface area contributed by atoms with Crippen LogP contribution in [0.2, 0.25) is 0 Å². The summed E-state index contributed by atoms with van der Waals surface area (Å²) in [7, 11) is 1.61. The van der Waals surface area contributed by atoms with Gasteiger partial charge in [0.05, 0.1) is 0 Å². The summed E-state index contributed by atoms with van der Waals surface area (Å²) in [4.78, 5) is 18.0. The number of carbonyl (C=O) groups excluding carboxylic acids is 1. The molecule has 1 saturated heterocycles. The van der Waals surface area contributed by atoms with E-state index in [0.717, 1.165) is 18.8 Å². The molecule has 104 valence electrons. The summed E-state index contributed by atoms with van der Waals surface area (Å²) in [6.07, 6.45) is 1.66. The van der Waals surface area contributed by atoms with Crippen molar-refractivity contribution < 1.29 is 4.79 Å². The van der Waals surface area contributed by atoms with Crippen LogP contribution in [0.3, 0.4) is 0 Å². The average molecular weight is 280 g/mol. The fourth-order valence-electron chi connectivity index (χ4n) is 1.98. The predicted molar refractivity (Wildman–Crippen MR) is 79.9 cm³/mol. The minimum absolute atomic E-state index is 0.156. The predicted octanol–water partition coefficient (Wildman–Crippen LogP) is 0.902. The van der Waals surface area contributed by atoms with Gasteiger partial charge in [0, 0.05) is 56.6 Å².